The zero-order valence-corrected chi connectivity index (χ0v) is 11.6. The van der Waals surface area contributed by atoms with Crippen LogP contribution < -0.4 is 0 Å². The number of halogens is 3. The van der Waals surface area contributed by atoms with E-state index in [1.807, 2.05) is 17.1 Å². The van der Waals surface area contributed by atoms with Crippen molar-refractivity contribution in [2.75, 3.05) is 6.54 Å². The Morgan fingerprint density at radius 3 is 2.35 bits per heavy atom. The molecule has 0 aromatic carbocycles. The SMILES string of the molecule is CCc1cnn(C2CC3CCC(C2)N3CC(F)(F)F)c1. The third kappa shape index (κ3) is 2.71. The Morgan fingerprint density at radius 1 is 1.20 bits per heavy atom. The maximum atomic E-state index is 12.6. The highest BCUT2D eigenvalue weighted by Gasteiger charge is 2.45. The van der Waals surface area contributed by atoms with Crippen molar-refractivity contribution in [2.45, 2.75) is 63.3 Å². The zero-order chi connectivity index (χ0) is 14.3. The summed E-state index contributed by atoms with van der Waals surface area (Å²) < 4.78 is 39.8. The van der Waals surface area contributed by atoms with Crippen LogP contribution in [0, 0.1) is 0 Å². The number of hydrogen-bond donors (Lipinski definition) is 0. The molecule has 3 nitrogen and oxygen atoms in total. The minimum absolute atomic E-state index is 0.0645. The number of aromatic nitrogens is 2. The topological polar surface area (TPSA) is 21.1 Å². The lowest BCUT2D eigenvalue weighted by Crippen LogP contribution is -2.47. The summed E-state index contributed by atoms with van der Waals surface area (Å²) in [6.45, 7) is 1.32. The van der Waals surface area contributed by atoms with Crippen LogP contribution in [0.25, 0.3) is 0 Å². The quantitative estimate of drug-likeness (QED) is 0.851. The molecule has 1 aromatic rings. The highest BCUT2D eigenvalue weighted by atomic mass is 19.4. The summed E-state index contributed by atoms with van der Waals surface area (Å²) in [5, 5.41) is 4.38. The largest absolute Gasteiger partial charge is 0.401 e. The van der Waals surface area contributed by atoms with Gasteiger partial charge in [-0.25, -0.2) is 0 Å². The predicted octanol–water partition coefficient (Wildman–Crippen LogP) is 3.18. The second-order valence-electron chi connectivity index (χ2n) is 5.98. The van der Waals surface area contributed by atoms with Gasteiger partial charge in [0.2, 0.25) is 0 Å². The molecule has 6 heteroatoms. The lowest BCUT2D eigenvalue weighted by atomic mass is 9.97. The summed E-state index contributed by atoms with van der Waals surface area (Å²) in [6.07, 6.45) is 4.12. The molecule has 0 saturated carbocycles. The van der Waals surface area contributed by atoms with Gasteiger partial charge < -0.3 is 0 Å². The van der Waals surface area contributed by atoms with E-state index < -0.39 is 12.7 Å². The van der Waals surface area contributed by atoms with Gasteiger partial charge >= 0.3 is 6.18 Å². The van der Waals surface area contributed by atoms with Crippen molar-refractivity contribution < 1.29 is 13.2 Å². The predicted molar refractivity (Wildman–Crippen MR) is 69.4 cm³/mol. The number of aryl methyl sites for hydroxylation is 1. The molecule has 112 valence electrons. The Balaban J connectivity index is 1.70. The first-order chi connectivity index (χ1) is 9.46. The number of piperidine rings is 1. The molecule has 0 radical (unpaired) electrons. The van der Waals surface area contributed by atoms with Crippen LogP contribution in [0.3, 0.4) is 0 Å². The molecule has 2 unspecified atom stereocenters. The van der Waals surface area contributed by atoms with E-state index in [2.05, 4.69) is 12.0 Å². The Morgan fingerprint density at radius 2 is 1.85 bits per heavy atom. The molecule has 1 aromatic heterocycles. The van der Waals surface area contributed by atoms with E-state index in [-0.39, 0.29) is 18.1 Å². The molecule has 2 fully saturated rings. The first-order valence-electron chi connectivity index (χ1n) is 7.32. The summed E-state index contributed by atoms with van der Waals surface area (Å²) in [5.74, 6) is 0. The second-order valence-corrected chi connectivity index (χ2v) is 5.98. The van der Waals surface area contributed by atoms with Gasteiger partial charge in [0.05, 0.1) is 18.8 Å². The van der Waals surface area contributed by atoms with Crippen LogP contribution in [-0.4, -0.2) is 39.5 Å². The lowest BCUT2D eigenvalue weighted by molar-refractivity contribution is -0.156. The highest BCUT2D eigenvalue weighted by Crippen LogP contribution is 2.41. The van der Waals surface area contributed by atoms with E-state index in [1.54, 1.807) is 4.90 Å². The fraction of sp³-hybridized carbons (Fsp3) is 0.786. The van der Waals surface area contributed by atoms with Gasteiger partial charge in [0.1, 0.15) is 0 Å². The van der Waals surface area contributed by atoms with E-state index in [9.17, 15) is 13.2 Å². The molecule has 2 bridgehead atoms. The van der Waals surface area contributed by atoms with Gasteiger partial charge in [-0.1, -0.05) is 6.92 Å². The maximum absolute atomic E-state index is 12.6. The van der Waals surface area contributed by atoms with Crippen molar-refractivity contribution in [1.82, 2.24) is 14.7 Å². The first kappa shape index (κ1) is 13.9. The minimum atomic E-state index is -4.09. The number of rotatable bonds is 3. The Labute approximate surface area is 116 Å². The van der Waals surface area contributed by atoms with Crippen molar-refractivity contribution in [1.29, 1.82) is 0 Å². The molecule has 2 saturated heterocycles. The van der Waals surface area contributed by atoms with Gasteiger partial charge in [0.15, 0.2) is 0 Å². The molecular weight excluding hydrogens is 267 g/mol. The van der Waals surface area contributed by atoms with Gasteiger partial charge in [0, 0.05) is 18.3 Å². The molecule has 2 aliphatic rings. The Hall–Kier alpha value is -1.04. The summed E-state index contributed by atoms with van der Waals surface area (Å²) in [4.78, 5) is 1.67. The fourth-order valence-electron chi connectivity index (χ4n) is 3.69. The fourth-order valence-corrected chi connectivity index (χ4v) is 3.69. The normalized spacial score (nSPS) is 30.9. The van der Waals surface area contributed by atoms with E-state index >= 15 is 0 Å². The minimum Gasteiger partial charge on any atom is -0.289 e. The summed E-state index contributed by atoms with van der Waals surface area (Å²) in [6, 6.07) is 0.390. The van der Waals surface area contributed by atoms with Crippen molar-refractivity contribution in [3.63, 3.8) is 0 Å². The van der Waals surface area contributed by atoms with E-state index in [1.165, 1.54) is 5.56 Å². The molecule has 3 rings (SSSR count). The zero-order valence-electron chi connectivity index (χ0n) is 11.6. The van der Waals surface area contributed by atoms with Gasteiger partial charge in [0.25, 0.3) is 0 Å². The van der Waals surface area contributed by atoms with E-state index in [0.717, 1.165) is 32.1 Å². The summed E-state index contributed by atoms with van der Waals surface area (Å²) in [7, 11) is 0. The van der Waals surface area contributed by atoms with Crippen LogP contribution in [0.15, 0.2) is 12.4 Å². The van der Waals surface area contributed by atoms with Crippen LogP contribution in [0.2, 0.25) is 0 Å². The van der Waals surface area contributed by atoms with Gasteiger partial charge in [-0.05, 0) is 37.7 Å². The van der Waals surface area contributed by atoms with E-state index in [4.69, 9.17) is 0 Å². The molecule has 0 N–H and O–H groups in total. The molecule has 0 aliphatic carbocycles. The van der Waals surface area contributed by atoms with E-state index in [0.29, 0.717) is 0 Å². The summed E-state index contributed by atoms with van der Waals surface area (Å²) in [5.41, 5.74) is 1.19. The summed E-state index contributed by atoms with van der Waals surface area (Å²) >= 11 is 0. The molecular formula is C14H20F3N3. The standard InChI is InChI=1S/C14H20F3N3/c1-2-10-7-18-20(8-10)13-5-11-3-4-12(6-13)19(11)9-14(15,16)17/h7-8,11-13H,2-6,9H2,1H3. The van der Waals surface area contributed by atoms with Gasteiger partial charge in [-0.15, -0.1) is 0 Å². The van der Waals surface area contributed by atoms with Gasteiger partial charge in [-0.2, -0.15) is 18.3 Å². The highest BCUT2D eigenvalue weighted by molar-refractivity contribution is 5.05. The van der Waals surface area contributed by atoms with Gasteiger partial charge in [-0.3, -0.25) is 9.58 Å². The lowest BCUT2D eigenvalue weighted by Gasteiger charge is -2.39. The molecule has 3 heterocycles. The monoisotopic (exact) mass is 287 g/mol. The van der Waals surface area contributed by atoms with Crippen LogP contribution in [0.4, 0.5) is 13.2 Å². The van der Waals surface area contributed by atoms with Crippen molar-refractivity contribution >= 4 is 0 Å². The number of nitrogens with zero attached hydrogens (tertiary/aromatic N) is 3. The molecule has 20 heavy (non-hydrogen) atoms. The first-order valence-corrected chi connectivity index (χ1v) is 7.32. The second kappa shape index (κ2) is 5.06. The van der Waals surface area contributed by atoms with Crippen molar-refractivity contribution in [2.24, 2.45) is 0 Å². The van der Waals surface area contributed by atoms with Crippen LogP contribution >= 0.6 is 0 Å². The third-order valence-electron chi connectivity index (χ3n) is 4.66. The average Bonchev–Trinajstić information content (AvgIpc) is 2.91. The molecule has 0 spiro atoms. The van der Waals surface area contributed by atoms with Crippen LogP contribution in [0.1, 0.15) is 44.2 Å². The Kier molecular flexibility index (Phi) is 3.52. The van der Waals surface area contributed by atoms with Crippen LogP contribution in [-0.2, 0) is 6.42 Å². The Bertz CT molecular complexity index is 454. The molecule has 2 atom stereocenters. The average molecular weight is 287 g/mol. The van der Waals surface area contributed by atoms with Crippen molar-refractivity contribution in [3.05, 3.63) is 18.0 Å². The number of fused-ring (bicyclic) bond motifs is 2. The molecule has 0 amide bonds. The van der Waals surface area contributed by atoms with Crippen LogP contribution in [0.5, 0.6) is 0 Å². The number of hydrogen-bond acceptors (Lipinski definition) is 2. The smallest absolute Gasteiger partial charge is 0.289 e. The van der Waals surface area contributed by atoms with Crippen molar-refractivity contribution in [3.8, 4) is 0 Å². The number of alkyl halides is 3. The third-order valence-corrected chi connectivity index (χ3v) is 4.66. The molecule has 2 aliphatic heterocycles. The maximum Gasteiger partial charge on any atom is 0.401 e.